The van der Waals surface area contributed by atoms with Crippen molar-refractivity contribution >= 4 is 5.91 Å². The van der Waals surface area contributed by atoms with E-state index in [9.17, 15) is 4.79 Å². The van der Waals surface area contributed by atoms with Gasteiger partial charge in [-0.3, -0.25) is 9.36 Å². The van der Waals surface area contributed by atoms with Gasteiger partial charge in [-0.25, -0.2) is 15.0 Å². The molecule has 1 fully saturated rings. The molecule has 0 bridgehead atoms. The van der Waals surface area contributed by atoms with E-state index in [-0.39, 0.29) is 18.0 Å². The first-order chi connectivity index (χ1) is 14.2. The average Bonchev–Trinajstić information content (AvgIpc) is 3.25. The van der Waals surface area contributed by atoms with Gasteiger partial charge in [0.2, 0.25) is 11.9 Å². The molecular weight excluding hydrogens is 364 g/mol. The molecule has 1 aliphatic rings. The molecule has 158 valence electrons. The van der Waals surface area contributed by atoms with Crippen LogP contribution >= 0.6 is 0 Å². The highest BCUT2D eigenvalue weighted by Crippen LogP contribution is 2.21. The van der Waals surface area contributed by atoms with Gasteiger partial charge in [0.15, 0.2) is 0 Å². The largest absolute Gasteiger partial charge is 0.348 e. The number of hydrogen-bond donors (Lipinski definition) is 2. The van der Waals surface area contributed by atoms with Gasteiger partial charge in [0.05, 0.1) is 11.7 Å². The number of aromatic nitrogens is 4. The first-order valence-corrected chi connectivity index (χ1v) is 11.0. The Morgan fingerprint density at radius 3 is 2.93 bits per heavy atom. The standard InChI is InChI=1S/C22H34N6O/c1-3-4-5-6-10-19(26-21(29)15-18-9-7-8-11-24-18)20-14-17(2)25-22(27-20)28-13-12-23-16-28/h12-14,16,18-19,24H,3-11,15H2,1-2H3,(H,26,29). The number of nitrogens with one attached hydrogen (secondary N) is 2. The molecule has 2 N–H and O–H groups in total. The zero-order valence-corrected chi connectivity index (χ0v) is 17.7. The van der Waals surface area contributed by atoms with Crippen LogP contribution in [-0.4, -0.2) is 38.0 Å². The lowest BCUT2D eigenvalue weighted by molar-refractivity contribution is -0.122. The minimum absolute atomic E-state index is 0.0908. The summed E-state index contributed by atoms with van der Waals surface area (Å²) in [7, 11) is 0. The maximum atomic E-state index is 12.8. The number of unbranched alkanes of at least 4 members (excludes halogenated alkanes) is 3. The van der Waals surface area contributed by atoms with E-state index in [2.05, 4.69) is 27.5 Å². The molecule has 3 rings (SSSR count). The molecule has 0 aromatic carbocycles. The Labute approximate surface area is 173 Å². The summed E-state index contributed by atoms with van der Waals surface area (Å²) in [5.74, 6) is 0.699. The van der Waals surface area contributed by atoms with E-state index in [4.69, 9.17) is 4.98 Å². The molecule has 7 heteroatoms. The van der Waals surface area contributed by atoms with Crippen LogP contribution in [0.5, 0.6) is 0 Å². The molecule has 1 saturated heterocycles. The Bertz CT molecular complexity index is 755. The molecule has 29 heavy (non-hydrogen) atoms. The number of carbonyl (C=O) groups is 1. The van der Waals surface area contributed by atoms with Gasteiger partial charge >= 0.3 is 0 Å². The van der Waals surface area contributed by atoms with E-state index in [0.717, 1.165) is 37.2 Å². The monoisotopic (exact) mass is 398 g/mol. The molecular formula is C22H34N6O. The van der Waals surface area contributed by atoms with Gasteiger partial charge in [-0.05, 0) is 38.8 Å². The summed E-state index contributed by atoms with van der Waals surface area (Å²) in [6.07, 6.45) is 14.8. The molecule has 7 nitrogen and oxygen atoms in total. The number of hydrogen-bond acceptors (Lipinski definition) is 5. The van der Waals surface area contributed by atoms with Crippen molar-refractivity contribution < 1.29 is 4.79 Å². The average molecular weight is 399 g/mol. The van der Waals surface area contributed by atoms with Gasteiger partial charge in [0, 0.05) is 30.6 Å². The summed E-state index contributed by atoms with van der Waals surface area (Å²) in [5, 5.41) is 6.73. The molecule has 1 amide bonds. The highest BCUT2D eigenvalue weighted by molar-refractivity contribution is 5.77. The lowest BCUT2D eigenvalue weighted by Gasteiger charge is -2.25. The van der Waals surface area contributed by atoms with Crippen molar-refractivity contribution in [1.29, 1.82) is 0 Å². The number of carbonyl (C=O) groups excluding carboxylic acids is 1. The Balaban J connectivity index is 1.72. The van der Waals surface area contributed by atoms with Crippen LogP contribution in [0.15, 0.2) is 24.8 Å². The van der Waals surface area contributed by atoms with Crippen LogP contribution in [0.4, 0.5) is 0 Å². The van der Waals surface area contributed by atoms with Gasteiger partial charge in [0.1, 0.15) is 6.33 Å². The van der Waals surface area contributed by atoms with Crippen molar-refractivity contribution in [3.63, 3.8) is 0 Å². The summed E-state index contributed by atoms with van der Waals surface area (Å²) >= 11 is 0. The van der Waals surface area contributed by atoms with Crippen molar-refractivity contribution in [2.45, 2.75) is 83.7 Å². The lowest BCUT2D eigenvalue weighted by atomic mass is 10.0. The van der Waals surface area contributed by atoms with Crippen LogP contribution in [-0.2, 0) is 4.79 Å². The Kier molecular flexibility index (Phi) is 8.16. The smallest absolute Gasteiger partial charge is 0.235 e. The van der Waals surface area contributed by atoms with Crippen molar-refractivity contribution in [2.24, 2.45) is 0 Å². The third-order valence-electron chi connectivity index (χ3n) is 5.48. The fourth-order valence-electron chi connectivity index (χ4n) is 3.89. The molecule has 0 radical (unpaired) electrons. The zero-order chi connectivity index (χ0) is 20.5. The summed E-state index contributed by atoms with van der Waals surface area (Å²) in [5.41, 5.74) is 1.77. The summed E-state index contributed by atoms with van der Waals surface area (Å²) in [6, 6.07) is 2.19. The lowest BCUT2D eigenvalue weighted by Crippen LogP contribution is -2.39. The molecule has 0 saturated carbocycles. The van der Waals surface area contributed by atoms with Crippen LogP contribution in [0.25, 0.3) is 5.95 Å². The molecule has 2 unspecified atom stereocenters. The Morgan fingerprint density at radius 2 is 2.21 bits per heavy atom. The van der Waals surface area contributed by atoms with E-state index < -0.39 is 0 Å². The number of rotatable bonds is 10. The molecule has 0 spiro atoms. The van der Waals surface area contributed by atoms with Crippen LogP contribution in [0.2, 0.25) is 0 Å². The number of amides is 1. The number of imidazole rings is 1. The SMILES string of the molecule is CCCCCCC(NC(=O)CC1CCCCN1)c1cc(C)nc(-n2ccnc2)n1. The van der Waals surface area contributed by atoms with Crippen LogP contribution < -0.4 is 10.6 Å². The van der Waals surface area contributed by atoms with Crippen molar-refractivity contribution in [3.8, 4) is 5.95 Å². The van der Waals surface area contributed by atoms with Gasteiger partial charge in [-0.2, -0.15) is 0 Å². The van der Waals surface area contributed by atoms with Crippen molar-refractivity contribution in [1.82, 2.24) is 30.2 Å². The van der Waals surface area contributed by atoms with E-state index >= 15 is 0 Å². The Morgan fingerprint density at radius 1 is 1.31 bits per heavy atom. The van der Waals surface area contributed by atoms with E-state index in [1.54, 1.807) is 17.1 Å². The highest BCUT2D eigenvalue weighted by Gasteiger charge is 2.21. The first kappa shape index (κ1) is 21.4. The summed E-state index contributed by atoms with van der Waals surface area (Å²) < 4.78 is 1.80. The molecule has 0 aliphatic carbocycles. The second-order valence-electron chi connectivity index (χ2n) is 8.02. The third kappa shape index (κ3) is 6.63. The summed E-state index contributed by atoms with van der Waals surface area (Å²) in [6.45, 7) is 5.19. The third-order valence-corrected chi connectivity index (χ3v) is 5.48. The Hall–Kier alpha value is -2.28. The van der Waals surface area contributed by atoms with Crippen molar-refractivity contribution in [2.75, 3.05) is 6.54 Å². The minimum Gasteiger partial charge on any atom is -0.348 e. The van der Waals surface area contributed by atoms with Crippen LogP contribution in [0, 0.1) is 6.92 Å². The molecule has 2 atom stereocenters. The number of nitrogens with zero attached hydrogens (tertiary/aromatic N) is 4. The van der Waals surface area contributed by atoms with Gasteiger partial charge in [-0.15, -0.1) is 0 Å². The minimum atomic E-state index is -0.0908. The van der Waals surface area contributed by atoms with Crippen molar-refractivity contribution in [3.05, 3.63) is 36.2 Å². The first-order valence-electron chi connectivity index (χ1n) is 11.0. The predicted octanol–water partition coefficient (Wildman–Crippen LogP) is 3.63. The maximum absolute atomic E-state index is 12.8. The van der Waals surface area contributed by atoms with E-state index in [1.165, 1.54) is 32.1 Å². The second kappa shape index (κ2) is 11.0. The predicted molar refractivity (Wildman–Crippen MR) is 114 cm³/mol. The fourth-order valence-corrected chi connectivity index (χ4v) is 3.89. The van der Waals surface area contributed by atoms with Crippen LogP contribution in [0.1, 0.15) is 82.1 Å². The highest BCUT2D eigenvalue weighted by atomic mass is 16.1. The normalized spacial score (nSPS) is 17.8. The molecule has 2 aromatic heterocycles. The molecule has 2 aromatic rings. The van der Waals surface area contributed by atoms with E-state index in [1.807, 2.05) is 19.2 Å². The zero-order valence-electron chi connectivity index (χ0n) is 17.7. The number of aryl methyl sites for hydroxylation is 1. The van der Waals surface area contributed by atoms with Gasteiger partial charge < -0.3 is 10.6 Å². The second-order valence-corrected chi connectivity index (χ2v) is 8.02. The molecule has 3 heterocycles. The quantitative estimate of drug-likeness (QED) is 0.597. The summed E-state index contributed by atoms with van der Waals surface area (Å²) in [4.78, 5) is 26.2. The molecule has 1 aliphatic heterocycles. The topological polar surface area (TPSA) is 84.7 Å². The van der Waals surface area contributed by atoms with E-state index in [0.29, 0.717) is 12.4 Å². The van der Waals surface area contributed by atoms with Gasteiger partial charge in [0.25, 0.3) is 0 Å². The van der Waals surface area contributed by atoms with Gasteiger partial charge in [-0.1, -0.05) is 39.0 Å². The van der Waals surface area contributed by atoms with Crippen LogP contribution in [0.3, 0.4) is 0 Å². The number of piperidine rings is 1. The maximum Gasteiger partial charge on any atom is 0.235 e. The fraction of sp³-hybridized carbons (Fsp3) is 0.636.